The lowest BCUT2D eigenvalue weighted by molar-refractivity contribution is 0.0714. The third-order valence-electron chi connectivity index (χ3n) is 4.85. The van der Waals surface area contributed by atoms with Crippen LogP contribution in [0.4, 0.5) is 5.13 Å². The molecule has 3 rings (SSSR count). The number of nitrogens with one attached hydrogen (secondary N) is 1. The average Bonchev–Trinajstić information content (AvgIpc) is 3.25. The second kappa shape index (κ2) is 7.99. The summed E-state index contributed by atoms with van der Waals surface area (Å²) in [6, 6.07) is 0. The average molecular weight is 362 g/mol. The number of thiazole rings is 1. The summed E-state index contributed by atoms with van der Waals surface area (Å²) in [7, 11) is 1.83. The first-order chi connectivity index (χ1) is 12.1. The van der Waals surface area contributed by atoms with Crippen molar-refractivity contribution in [3.05, 3.63) is 28.8 Å². The number of amides is 1. The van der Waals surface area contributed by atoms with Gasteiger partial charge in [-0.2, -0.15) is 0 Å². The number of imidazole rings is 1. The number of likely N-dealkylation sites (tertiary alicyclic amines) is 1. The maximum absolute atomic E-state index is 12.8. The van der Waals surface area contributed by atoms with Crippen molar-refractivity contribution in [3.63, 3.8) is 0 Å². The van der Waals surface area contributed by atoms with Crippen LogP contribution in [0.3, 0.4) is 0 Å². The molecule has 1 fully saturated rings. The minimum atomic E-state index is 0.115. The zero-order valence-electron chi connectivity index (χ0n) is 15.3. The van der Waals surface area contributed by atoms with E-state index in [-0.39, 0.29) is 5.91 Å². The SMILES string of the molecule is CCCCn1ccnc1C1CCN(C(=O)c2sc(NC)nc2C)CC1. The smallest absolute Gasteiger partial charge is 0.265 e. The molecule has 0 aliphatic carbocycles. The molecule has 0 atom stereocenters. The summed E-state index contributed by atoms with van der Waals surface area (Å²) >= 11 is 1.44. The van der Waals surface area contributed by atoms with Crippen molar-refractivity contribution in [1.29, 1.82) is 0 Å². The van der Waals surface area contributed by atoms with Crippen molar-refractivity contribution in [2.75, 3.05) is 25.5 Å². The van der Waals surface area contributed by atoms with E-state index >= 15 is 0 Å². The van der Waals surface area contributed by atoms with E-state index in [0.29, 0.717) is 5.92 Å². The highest BCUT2D eigenvalue weighted by Crippen LogP contribution is 2.30. The molecule has 0 saturated carbocycles. The summed E-state index contributed by atoms with van der Waals surface area (Å²) in [4.78, 5) is 24.5. The van der Waals surface area contributed by atoms with Crippen LogP contribution >= 0.6 is 11.3 Å². The molecule has 0 radical (unpaired) electrons. The molecule has 2 aromatic heterocycles. The highest BCUT2D eigenvalue weighted by Gasteiger charge is 2.28. The van der Waals surface area contributed by atoms with Crippen LogP contribution in [0.1, 0.15) is 59.7 Å². The molecule has 1 aliphatic heterocycles. The summed E-state index contributed by atoms with van der Waals surface area (Å²) in [6.45, 7) is 6.73. The van der Waals surface area contributed by atoms with Crippen LogP contribution in [0.25, 0.3) is 0 Å². The molecule has 2 aromatic rings. The van der Waals surface area contributed by atoms with Gasteiger partial charge < -0.3 is 14.8 Å². The van der Waals surface area contributed by atoms with Crippen molar-refractivity contribution in [2.45, 2.75) is 52.0 Å². The fourth-order valence-electron chi connectivity index (χ4n) is 3.38. The first-order valence-corrected chi connectivity index (χ1v) is 9.91. The van der Waals surface area contributed by atoms with Crippen molar-refractivity contribution in [1.82, 2.24) is 19.4 Å². The van der Waals surface area contributed by atoms with E-state index in [1.165, 1.54) is 30.0 Å². The molecule has 1 saturated heterocycles. The lowest BCUT2D eigenvalue weighted by atomic mass is 9.95. The second-order valence-electron chi connectivity index (χ2n) is 6.58. The zero-order chi connectivity index (χ0) is 17.8. The standard InChI is InChI=1S/C18H27N5OS/c1-4-5-9-22-12-8-20-16(22)14-6-10-23(11-7-14)17(24)15-13(2)21-18(19-3)25-15/h8,12,14H,4-7,9-11H2,1-3H3,(H,19,21). The first-order valence-electron chi connectivity index (χ1n) is 9.09. The maximum Gasteiger partial charge on any atom is 0.265 e. The van der Waals surface area contributed by atoms with Gasteiger partial charge in [0.25, 0.3) is 5.91 Å². The second-order valence-corrected chi connectivity index (χ2v) is 7.58. The Bertz CT molecular complexity index is 715. The van der Waals surface area contributed by atoms with Gasteiger partial charge in [-0.05, 0) is 26.2 Å². The summed E-state index contributed by atoms with van der Waals surface area (Å²) in [5, 5.41) is 3.82. The largest absolute Gasteiger partial charge is 0.365 e. The number of piperidine rings is 1. The van der Waals surface area contributed by atoms with Crippen molar-refractivity contribution in [2.24, 2.45) is 0 Å². The Kier molecular flexibility index (Phi) is 5.73. The Labute approximate surface area is 153 Å². The van der Waals surface area contributed by atoms with Gasteiger partial charge in [0, 0.05) is 45.0 Å². The molecule has 136 valence electrons. The van der Waals surface area contributed by atoms with E-state index in [0.717, 1.165) is 48.2 Å². The number of aromatic nitrogens is 3. The minimum Gasteiger partial charge on any atom is -0.365 e. The summed E-state index contributed by atoms with van der Waals surface area (Å²) in [6.07, 6.45) is 8.31. The van der Waals surface area contributed by atoms with E-state index in [1.54, 1.807) is 0 Å². The van der Waals surface area contributed by atoms with Gasteiger partial charge >= 0.3 is 0 Å². The number of carbonyl (C=O) groups is 1. The van der Waals surface area contributed by atoms with Crippen molar-refractivity contribution < 1.29 is 4.79 Å². The quantitative estimate of drug-likeness (QED) is 0.855. The van der Waals surface area contributed by atoms with E-state index in [2.05, 4.69) is 33.0 Å². The molecule has 1 N–H and O–H groups in total. The molecule has 0 spiro atoms. The predicted octanol–water partition coefficient (Wildman–Crippen LogP) is 3.51. The van der Waals surface area contributed by atoms with E-state index in [4.69, 9.17) is 0 Å². The highest BCUT2D eigenvalue weighted by atomic mass is 32.1. The zero-order valence-corrected chi connectivity index (χ0v) is 16.1. The number of hydrogen-bond donors (Lipinski definition) is 1. The number of nitrogens with zero attached hydrogens (tertiary/aromatic N) is 4. The van der Waals surface area contributed by atoms with Crippen LogP contribution in [-0.2, 0) is 6.54 Å². The van der Waals surface area contributed by atoms with Crippen molar-refractivity contribution in [3.8, 4) is 0 Å². The summed E-state index contributed by atoms with van der Waals surface area (Å²) in [5.74, 6) is 1.75. The third-order valence-corrected chi connectivity index (χ3v) is 6.02. The molecule has 1 amide bonds. The number of hydrogen-bond acceptors (Lipinski definition) is 5. The highest BCUT2D eigenvalue weighted by molar-refractivity contribution is 7.17. The van der Waals surface area contributed by atoms with Gasteiger partial charge in [0.1, 0.15) is 10.7 Å². The fraction of sp³-hybridized carbons (Fsp3) is 0.611. The maximum atomic E-state index is 12.8. The van der Waals surface area contributed by atoms with Crippen LogP contribution in [-0.4, -0.2) is 45.5 Å². The Balaban J connectivity index is 1.63. The Morgan fingerprint density at radius 3 is 2.80 bits per heavy atom. The lowest BCUT2D eigenvalue weighted by Gasteiger charge is -2.31. The molecule has 0 bridgehead atoms. The summed E-state index contributed by atoms with van der Waals surface area (Å²) < 4.78 is 2.29. The van der Waals surface area contributed by atoms with Crippen LogP contribution < -0.4 is 5.32 Å². The number of unbranched alkanes of at least 4 members (excludes halogenated alkanes) is 1. The molecule has 6 nitrogen and oxygen atoms in total. The van der Waals surface area contributed by atoms with E-state index in [9.17, 15) is 4.79 Å². The number of rotatable bonds is 6. The topological polar surface area (TPSA) is 63.1 Å². The molecular formula is C18H27N5OS. The molecule has 7 heteroatoms. The fourth-order valence-corrected chi connectivity index (χ4v) is 4.27. The van der Waals surface area contributed by atoms with Crippen LogP contribution in [0.2, 0.25) is 0 Å². The van der Waals surface area contributed by atoms with Crippen LogP contribution in [0, 0.1) is 6.92 Å². The Morgan fingerprint density at radius 1 is 1.40 bits per heavy atom. The molecule has 25 heavy (non-hydrogen) atoms. The number of carbonyl (C=O) groups excluding carboxylic acids is 1. The Hall–Kier alpha value is -1.89. The molecular weight excluding hydrogens is 334 g/mol. The molecule has 0 aromatic carbocycles. The molecule has 1 aliphatic rings. The monoisotopic (exact) mass is 361 g/mol. The third kappa shape index (κ3) is 3.86. The van der Waals surface area contributed by atoms with Gasteiger partial charge in [0.05, 0.1) is 5.69 Å². The van der Waals surface area contributed by atoms with Gasteiger partial charge in [-0.25, -0.2) is 9.97 Å². The number of anilines is 1. The predicted molar refractivity (Wildman–Crippen MR) is 101 cm³/mol. The van der Waals surface area contributed by atoms with Gasteiger partial charge in [-0.3, -0.25) is 4.79 Å². The summed E-state index contributed by atoms with van der Waals surface area (Å²) in [5.41, 5.74) is 0.816. The molecule has 3 heterocycles. The normalized spacial score (nSPS) is 15.6. The first kappa shape index (κ1) is 17.9. The van der Waals surface area contributed by atoms with Gasteiger partial charge in [0.15, 0.2) is 5.13 Å². The number of aryl methyl sites for hydroxylation is 2. The Morgan fingerprint density at radius 2 is 2.16 bits per heavy atom. The van der Waals surface area contributed by atoms with Gasteiger partial charge in [-0.1, -0.05) is 24.7 Å². The van der Waals surface area contributed by atoms with Gasteiger partial charge in [0.2, 0.25) is 0 Å². The molecule has 0 unspecified atom stereocenters. The van der Waals surface area contributed by atoms with E-state index < -0.39 is 0 Å². The van der Waals surface area contributed by atoms with Crippen LogP contribution in [0.5, 0.6) is 0 Å². The van der Waals surface area contributed by atoms with Gasteiger partial charge in [-0.15, -0.1) is 0 Å². The minimum absolute atomic E-state index is 0.115. The van der Waals surface area contributed by atoms with Crippen LogP contribution in [0.15, 0.2) is 12.4 Å². The van der Waals surface area contributed by atoms with E-state index in [1.807, 2.05) is 25.1 Å². The lowest BCUT2D eigenvalue weighted by Crippen LogP contribution is -2.38. The van der Waals surface area contributed by atoms with Crippen molar-refractivity contribution >= 4 is 22.4 Å².